The third kappa shape index (κ3) is 4.33. The smallest absolute Gasteiger partial charge is 0.224 e. The number of rotatable bonds is 6. The Labute approximate surface area is 101 Å². The second-order valence-electron chi connectivity index (χ2n) is 4.08. The molecule has 0 spiro atoms. The van der Waals surface area contributed by atoms with Gasteiger partial charge in [-0.25, -0.2) is 0 Å². The summed E-state index contributed by atoms with van der Waals surface area (Å²) in [6, 6.07) is 4.05. The molecule has 90 valence electrons. The molecule has 2 N–H and O–H groups in total. The fourth-order valence-electron chi connectivity index (χ4n) is 1.58. The average Bonchev–Trinajstić information content (AvgIpc) is 2.70. The van der Waals surface area contributed by atoms with Crippen molar-refractivity contribution < 1.29 is 4.79 Å². The normalized spacial score (nSPS) is 12.4. The van der Waals surface area contributed by atoms with Gasteiger partial charge in [-0.15, -0.1) is 11.3 Å². The van der Waals surface area contributed by atoms with Gasteiger partial charge in [0, 0.05) is 24.4 Å². The summed E-state index contributed by atoms with van der Waals surface area (Å²) in [5.41, 5.74) is 5.85. The van der Waals surface area contributed by atoms with E-state index < -0.39 is 0 Å². The molecule has 1 amide bonds. The van der Waals surface area contributed by atoms with Crippen LogP contribution in [0.5, 0.6) is 0 Å². The second-order valence-corrected chi connectivity index (χ2v) is 5.11. The number of amides is 1. The molecule has 0 radical (unpaired) electrons. The first-order chi connectivity index (χ1) is 7.63. The van der Waals surface area contributed by atoms with Gasteiger partial charge in [0.25, 0.3) is 0 Å². The highest BCUT2D eigenvalue weighted by atomic mass is 32.1. The fraction of sp³-hybridized carbons (Fsp3) is 0.583. The maximum absolute atomic E-state index is 11.8. The molecule has 0 aromatic carbocycles. The van der Waals surface area contributed by atoms with Gasteiger partial charge in [-0.1, -0.05) is 19.4 Å². The summed E-state index contributed by atoms with van der Waals surface area (Å²) in [7, 11) is 1.83. The van der Waals surface area contributed by atoms with Crippen molar-refractivity contribution in [3.05, 3.63) is 22.4 Å². The van der Waals surface area contributed by atoms with Gasteiger partial charge in [-0.05, 0) is 17.9 Å². The molecule has 0 saturated carbocycles. The highest BCUT2D eigenvalue weighted by Crippen LogP contribution is 2.12. The summed E-state index contributed by atoms with van der Waals surface area (Å²) in [4.78, 5) is 14.8. The number of hydrogen-bond acceptors (Lipinski definition) is 3. The van der Waals surface area contributed by atoms with E-state index in [4.69, 9.17) is 5.73 Å². The molecule has 0 bridgehead atoms. The monoisotopic (exact) mass is 240 g/mol. The van der Waals surface area contributed by atoms with E-state index >= 15 is 0 Å². The van der Waals surface area contributed by atoms with E-state index in [0.29, 0.717) is 13.0 Å². The molecule has 0 aliphatic rings. The Hall–Kier alpha value is -0.870. The molecule has 1 atom stereocenters. The summed E-state index contributed by atoms with van der Waals surface area (Å²) in [6.07, 6.45) is 2.40. The first kappa shape index (κ1) is 13.2. The lowest BCUT2D eigenvalue weighted by atomic mass is 10.1. The summed E-state index contributed by atoms with van der Waals surface area (Å²) >= 11 is 1.67. The lowest BCUT2D eigenvalue weighted by Gasteiger charge is -2.18. The number of carbonyl (C=O) groups excluding carboxylic acids is 1. The second kappa shape index (κ2) is 6.66. The maximum atomic E-state index is 11.8. The predicted octanol–water partition coefficient (Wildman–Crippen LogP) is 2.22. The third-order valence-electron chi connectivity index (χ3n) is 2.50. The Morgan fingerprint density at radius 3 is 2.94 bits per heavy atom. The standard InChI is InChI=1S/C12H20N2OS/c1-3-5-10(13)8-12(15)14(2)9-11-6-4-7-16-11/h4,6-7,10H,3,5,8-9,13H2,1-2H3. The molecule has 1 heterocycles. The van der Waals surface area contributed by atoms with Crippen LogP contribution in [-0.2, 0) is 11.3 Å². The van der Waals surface area contributed by atoms with Crippen LogP contribution in [0.15, 0.2) is 17.5 Å². The molecule has 0 aliphatic carbocycles. The van der Waals surface area contributed by atoms with Gasteiger partial charge in [0.2, 0.25) is 5.91 Å². The van der Waals surface area contributed by atoms with Crippen molar-refractivity contribution in [2.24, 2.45) is 5.73 Å². The fourth-order valence-corrected chi connectivity index (χ4v) is 2.33. The number of hydrogen-bond donors (Lipinski definition) is 1. The minimum absolute atomic E-state index is 0.00304. The molecule has 4 heteroatoms. The predicted molar refractivity (Wildman–Crippen MR) is 68.3 cm³/mol. The number of nitrogens with zero attached hydrogens (tertiary/aromatic N) is 1. The van der Waals surface area contributed by atoms with Crippen molar-refractivity contribution in [3.8, 4) is 0 Å². The van der Waals surface area contributed by atoms with E-state index in [-0.39, 0.29) is 11.9 Å². The van der Waals surface area contributed by atoms with Crippen molar-refractivity contribution in [3.63, 3.8) is 0 Å². The minimum Gasteiger partial charge on any atom is -0.341 e. The molecule has 1 rings (SSSR count). The molecule has 1 aromatic heterocycles. The van der Waals surface area contributed by atoms with E-state index in [9.17, 15) is 4.79 Å². The van der Waals surface area contributed by atoms with Crippen LogP contribution in [0.1, 0.15) is 31.1 Å². The van der Waals surface area contributed by atoms with Crippen molar-refractivity contribution in [2.75, 3.05) is 7.05 Å². The summed E-state index contributed by atoms with van der Waals surface area (Å²) in [5, 5.41) is 2.02. The molecular weight excluding hydrogens is 220 g/mol. The Kier molecular flexibility index (Phi) is 5.49. The molecule has 0 saturated heterocycles. The SMILES string of the molecule is CCCC(N)CC(=O)N(C)Cc1cccs1. The highest BCUT2D eigenvalue weighted by molar-refractivity contribution is 7.09. The van der Waals surface area contributed by atoms with Gasteiger partial charge in [0.15, 0.2) is 0 Å². The van der Waals surface area contributed by atoms with Gasteiger partial charge < -0.3 is 10.6 Å². The zero-order valence-corrected chi connectivity index (χ0v) is 10.8. The lowest BCUT2D eigenvalue weighted by molar-refractivity contribution is -0.130. The average molecular weight is 240 g/mol. The Balaban J connectivity index is 2.36. The first-order valence-corrected chi connectivity index (χ1v) is 6.53. The van der Waals surface area contributed by atoms with Gasteiger partial charge in [0.1, 0.15) is 0 Å². The van der Waals surface area contributed by atoms with E-state index in [1.807, 2.05) is 24.6 Å². The van der Waals surface area contributed by atoms with Crippen molar-refractivity contribution in [2.45, 2.75) is 38.8 Å². The van der Waals surface area contributed by atoms with E-state index in [1.165, 1.54) is 4.88 Å². The van der Waals surface area contributed by atoms with Crippen LogP contribution < -0.4 is 5.73 Å². The maximum Gasteiger partial charge on any atom is 0.224 e. The number of nitrogens with two attached hydrogens (primary N) is 1. The van der Waals surface area contributed by atoms with Crippen LogP contribution in [0.4, 0.5) is 0 Å². The molecule has 0 aliphatic heterocycles. The van der Waals surface area contributed by atoms with E-state index in [0.717, 1.165) is 12.8 Å². The van der Waals surface area contributed by atoms with Crippen LogP contribution in [0, 0.1) is 0 Å². The lowest BCUT2D eigenvalue weighted by Crippen LogP contribution is -2.32. The van der Waals surface area contributed by atoms with Crippen molar-refractivity contribution in [1.29, 1.82) is 0 Å². The zero-order chi connectivity index (χ0) is 12.0. The first-order valence-electron chi connectivity index (χ1n) is 5.65. The van der Waals surface area contributed by atoms with Crippen LogP contribution in [0.25, 0.3) is 0 Å². The summed E-state index contributed by atoms with van der Waals surface area (Å²) in [6.45, 7) is 2.77. The van der Waals surface area contributed by atoms with Crippen LogP contribution in [-0.4, -0.2) is 23.9 Å². The molecule has 16 heavy (non-hydrogen) atoms. The molecule has 0 fully saturated rings. The highest BCUT2D eigenvalue weighted by Gasteiger charge is 2.13. The molecule has 1 unspecified atom stereocenters. The minimum atomic E-state index is 0.00304. The largest absolute Gasteiger partial charge is 0.341 e. The van der Waals surface area contributed by atoms with Crippen LogP contribution in [0.3, 0.4) is 0 Å². The number of thiophene rings is 1. The molecule has 3 nitrogen and oxygen atoms in total. The van der Waals surface area contributed by atoms with Gasteiger partial charge >= 0.3 is 0 Å². The molecular formula is C12H20N2OS. The Morgan fingerprint density at radius 2 is 2.38 bits per heavy atom. The van der Waals surface area contributed by atoms with Gasteiger partial charge in [-0.2, -0.15) is 0 Å². The Bertz CT molecular complexity index is 311. The van der Waals surface area contributed by atoms with Crippen molar-refractivity contribution >= 4 is 17.2 Å². The Morgan fingerprint density at radius 1 is 1.62 bits per heavy atom. The van der Waals surface area contributed by atoms with Crippen LogP contribution in [0.2, 0.25) is 0 Å². The van der Waals surface area contributed by atoms with E-state index in [1.54, 1.807) is 16.2 Å². The van der Waals surface area contributed by atoms with E-state index in [2.05, 4.69) is 6.92 Å². The summed E-state index contributed by atoms with van der Waals surface area (Å²) in [5.74, 6) is 0.134. The van der Waals surface area contributed by atoms with Gasteiger partial charge in [-0.3, -0.25) is 4.79 Å². The van der Waals surface area contributed by atoms with Gasteiger partial charge in [0.05, 0.1) is 6.54 Å². The quantitative estimate of drug-likeness (QED) is 0.828. The van der Waals surface area contributed by atoms with Crippen LogP contribution >= 0.6 is 11.3 Å². The van der Waals surface area contributed by atoms with Crippen molar-refractivity contribution in [1.82, 2.24) is 4.90 Å². The summed E-state index contributed by atoms with van der Waals surface area (Å²) < 4.78 is 0. The molecule has 1 aromatic rings. The number of carbonyl (C=O) groups is 1. The third-order valence-corrected chi connectivity index (χ3v) is 3.36. The zero-order valence-electron chi connectivity index (χ0n) is 9.98. The topological polar surface area (TPSA) is 46.3 Å².